The van der Waals surface area contributed by atoms with E-state index in [0.717, 1.165) is 111 Å². The second kappa shape index (κ2) is 19.5. The highest BCUT2D eigenvalue weighted by atomic mass is 15.1. The van der Waals surface area contributed by atoms with Gasteiger partial charge >= 0.3 is 0 Å². The minimum absolute atomic E-state index is 0.464. The molecule has 0 saturated carbocycles. The summed E-state index contributed by atoms with van der Waals surface area (Å²) in [6.07, 6.45) is 0. The fraction of sp³-hybridized carbons (Fsp3) is 0. The average molecular weight is 1020 g/mol. The predicted octanol–water partition coefficient (Wildman–Crippen LogP) is 17.0. The Kier molecular flexibility index (Phi) is 11.3. The molecule has 15 aromatic rings. The van der Waals surface area contributed by atoms with Crippen molar-refractivity contribution in [3.05, 3.63) is 273 Å². The number of rotatable bonds is 10. The van der Waals surface area contributed by atoms with Gasteiger partial charge in [-0.1, -0.05) is 224 Å². The first kappa shape index (κ1) is 46.3. The highest BCUT2D eigenvalue weighted by Gasteiger charge is 2.29. The number of para-hydroxylation sites is 3. The minimum atomic E-state index is 0.464. The van der Waals surface area contributed by atoms with E-state index in [4.69, 9.17) is 34.9 Å². The maximum Gasteiger partial charge on any atom is 0.168 e. The maximum absolute atomic E-state index is 5.62. The number of pyridine rings is 1. The lowest BCUT2D eigenvalue weighted by molar-refractivity contribution is 1.04. The number of fused-ring (bicyclic) bond motifs is 6. The molecule has 0 saturated heterocycles. The molecule has 374 valence electrons. The van der Waals surface area contributed by atoms with Crippen LogP contribution in [0.1, 0.15) is 0 Å². The molecule has 5 aromatic heterocycles. The number of nitrogens with zero attached hydrogens (tertiary/aromatic N) is 9. The molecule has 0 N–H and O–H groups in total. The normalized spacial score (nSPS) is 11.5. The zero-order valence-electron chi connectivity index (χ0n) is 43.0. The van der Waals surface area contributed by atoms with Gasteiger partial charge in [-0.25, -0.2) is 34.9 Å². The Morgan fingerprint density at radius 2 is 0.600 bits per heavy atom. The van der Waals surface area contributed by atoms with Gasteiger partial charge in [-0.15, -0.1) is 0 Å². The largest absolute Gasteiger partial charge is 0.308 e. The van der Waals surface area contributed by atoms with Crippen LogP contribution in [-0.4, -0.2) is 44.0 Å². The summed E-state index contributed by atoms with van der Waals surface area (Å²) in [5.74, 6) is 3.11. The predicted molar refractivity (Wildman–Crippen MR) is 323 cm³/mol. The van der Waals surface area contributed by atoms with Crippen molar-refractivity contribution in [1.82, 2.24) is 44.0 Å². The van der Waals surface area contributed by atoms with E-state index >= 15 is 0 Å². The Labute approximate surface area is 460 Å². The molecular formula is C71H45N9. The Morgan fingerprint density at radius 3 is 1.07 bits per heavy atom. The van der Waals surface area contributed by atoms with Crippen molar-refractivity contribution in [3.63, 3.8) is 0 Å². The molecule has 0 unspecified atom stereocenters. The van der Waals surface area contributed by atoms with Crippen LogP contribution in [0.25, 0.3) is 146 Å². The fourth-order valence-electron chi connectivity index (χ4n) is 11.2. The van der Waals surface area contributed by atoms with E-state index in [2.05, 4.69) is 167 Å². The van der Waals surface area contributed by atoms with E-state index in [1.165, 1.54) is 0 Å². The first-order valence-electron chi connectivity index (χ1n) is 26.7. The van der Waals surface area contributed by atoms with E-state index in [-0.39, 0.29) is 0 Å². The van der Waals surface area contributed by atoms with Gasteiger partial charge in [0.25, 0.3) is 0 Å². The van der Waals surface area contributed by atoms with Crippen LogP contribution >= 0.6 is 0 Å². The first-order valence-corrected chi connectivity index (χ1v) is 26.7. The van der Waals surface area contributed by atoms with E-state index in [1.54, 1.807) is 0 Å². The lowest BCUT2D eigenvalue weighted by Gasteiger charge is -2.23. The smallest absolute Gasteiger partial charge is 0.168 e. The maximum atomic E-state index is 5.62. The van der Waals surface area contributed by atoms with Crippen LogP contribution < -0.4 is 0 Å². The fourth-order valence-corrected chi connectivity index (χ4v) is 11.2. The second-order valence-electron chi connectivity index (χ2n) is 19.7. The van der Waals surface area contributed by atoms with Gasteiger partial charge in [-0.05, 0) is 48.5 Å². The number of aromatic nitrogens is 9. The molecule has 0 bridgehead atoms. The summed E-state index contributed by atoms with van der Waals surface area (Å²) in [6.45, 7) is 0. The molecule has 10 aromatic carbocycles. The Bertz CT molecular complexity index is 4640. The van der Waals surface area contributed by atoms with Gasteiger partial charge in [-0.2, -0.15) is 0 Å². The molecular weight excluding hydrogens is 979 g/mol. The van der Waals surface area contributed by atoms with Crippen molar-refractivity contribution in [2.24, 2.45) is 0 Å². The lowest BCUT2D eigenvalue weighted by atomic mass is 10.0. The monoisotopic (exact) mass is 1020 g/mol. The molecule has 0 spiro atoms. The highest BCUT2D eigenvalue weighted by Crippen LogP contribution is 2.46. The summed E-state index contributed by atoms with van der Waals surface area (Å²) in [6, 6.07) is 94.0. The zero-order valence-corrected chi connectivity index (χ0v) is 43.0. The third-order valence-corrected chi connectivity index (χ3v) is 14.9. The Hall–Kier alpha value is -11.0. The number of benzene rings is 10. The molecule has 9 heteroatoms. The molecule has 0 radical (unpaired) electrons. The average Bonchev–Trinajstić information content (AvgIpc) is 4.28. The van der Waals surface area contributed by atoms with E-state index in [1.807, 2.05) is 115 Å². The zero-order chi connectivity index (χ0) is 52.9. The SMILES string of the molecule is c1ccc(-c2cccc(-c3ccc4c5ccccc5n(-c5ccc(-c6nc(-c7ccccc7)nc(-c7ccccc7)n6)c(-n6c7ccccc7c7ccccc76)c5-c5nc(-c6ccccc6)nc(-c6ccccc6)n5)c4c3)n2)cc1. The third kappa shape index (κ3) is 8.08. The molecule has 15 rings (SSSR count). The standard InChI is InChI=1S/C71H45N9/c1-6-23-46(24-7-1)57-36-22-37-58(72-57)51-41-42-55-54-35-16-19-38-59(54)79(63(55)45-51)62-44-43-56(70-75-66(47-25-8-2-9-26-47)73-67(76-70)48-27-10-3-11-28-48)65(80-60-39-20-17-33-52(60)53-34-18-21-40-61(53)80)64(62)71-77-68(49-29-12-4-13-30-49)74-69(78-71)50-31-14-5-15-32-50/h1-45H. The third-order valence-electron chi connectivity index (χ3n) is 14.9. The number of hydrogen-bond acceptors (Lipinski definition) is 7. The van der Waals surface area contributed by atoms with Gasteiger partial charge in [0.1, 0.15) is 0 Å². The molecule has 9 nitrogen and oxygen atoms in total. The molecule has 0 aliphatic heterocycles. The van der Waals surface area contributed by atoms with Crippen molar-refractivity contribution < 1.29 is 0 Å². The summed E-state index contributed by atoms with van der Waals surface area (Å²) in [5, 5.41) is 4.36. The topological polar surface area (TPSA) is 100 Å². The number of hydrogen-bond donors (Lipinski definition) is 0. The van der Waals surface area contributed by atoms with Gasteiger partial charge in [0.2, 0.25) is 0 Å². The summed E-state index contributed by atoms with van der Waals surface area (Å²) >= 11 is 0. The van der Waals surface area contributed by atoms with Gasteiger partial charge in [-0.3, -0.25) is 0 Å². The molecule has 5 heterocycles. The van der Waals surface area contributed by atoms with Crippen molar-refractivity contribution >= 4 is 43.6 Å². The first-order chi connectivity index (χ1) is 39.7. The van der Waals surface area contributed by atoms with E-state index in [9.17, 15) is 0 Å². The van der Waals surface area contributed by atoms with Gasteiger partial charge in [0.05, 0.1) is 50.4 Å². The quantitative estimate of drug-likeness (QED) is 0.134. The highest BCUT2D eigenvalue weighted by molar-refractivity contribution is 6.13. The van der Waals surface area contributed by atoms with Crippen LogP contribution in [0.2, 0.25) is 0 Å². The van der Waals surface area contributed by atoms with Crippen LogP contribution in [0.3, 0.4) is 0 Å². The Morgan fingerprint density at radius 1 is 0.225 bits per heavy atom. The van der Waals surface area contributed by atoms with Crippen molar-refractivity contribution in [2.45, 2.75) is 0 Å². The molecule has 0 aliphatic rings. The van der Waals surface area contributed by atoms with Gasteiger partial charge < -0.3 is 9.13 Å². The van der Waals surface area contributed by atoms with Gasteiger partial charge in [0, 0.05) is 60.5 Å². The van der Waals surface area contributed by atoms with Crippen LogP contribution in [0.15, 0.2) is 273 Å². The molecule has 0 aliphatic carbocycles. The molecule has 0 amide bonds. The van der Waals surface area contributed by atoms with Crippen molar-refractivity contribution in [1.29, 1.82) is 0 Å². The summed E-state index contributed by atoms with van der Waals surface area (Å²) in [7, 11) is 0. The Balaban J connectivity index is 1.12. The van der Waals surface area contributed by atoms with Crippen LogP contribution in [-0.2, 0) is 0 Å². The molecule has 0 atom stereocenters. The van der Waals surface area contributed by atoms with Crippen LogP contribution in [0, 0.1) is 0 Å². The summed E-state index contributed by atoms with van der Waals surface area (Å²) in [5.41, 5.74) is 14.3. The lowest BCUT2D eigenvalue weighted by Crippen LogP contribution is -2.10. The van der Waals surface area contributed by atoms with Crippen LogP contribution in [0.5, 0.6) is 0 Å². The molecule has 80 heavy (non-hydrogen) atoms. The summed E-state index contributed by atoms with van der Waals surface area (Å²) < 4.78 is 4.73. The summed E-state index contributed by atoms with van der Waals surface area (Å²) in [4.78, 5) is 37.8. The van der Waals surface area contributed by atoms with E-state index < -0.39 is 0 Å². The molecule has 0 fully saturated rings. The van der Waals surface area contributed by atoms with E-state index in [0.29, 0.717) is 34.9 Å². The second-order valence-corrected chi connectivity index (χ2v) is 19.7. The van der Waals surface area contributed by atoms with Crippen molar-refractivity contribution in [2.75, 3.05) is 0 Å². The minimum Gasteiger partial charge on any atom is -0.308 e. The van der Waals surface area contributed by atoms with Crippen LogP contribution in [0.4, 0.5) is 0 Å². The van der Waals surface area contributed by atoms with Gasteiger partial charge in [0.15, 0.2) is 34.9 Å². The van der Waals surface area contributed by atoms with Crippen molar-refractivity contribution in [3.8, 4) is 102 Å².